The summed E-state index contributed by atoms with van der Waals surface area (Å²) in [5, 5.41) is 0. The van der Waals surface area contributed by atoms with Gasteiger partial charge < -0.3 is 15.4 Å². The van der Waals surface area contributed by atoms with Gasteiger partial charge in [0.1, 0.15) is 5.75 Å². The van der Waals surface area contributed by atoms with Crippen LogP contribution in [-0.2, 0) is 5.54 Å². The molecule has 106 valence electrons. The van der Waals surface area contributed by atoms with Crippen molar-refractivity contribution in [3.05, 3.63) is 29.8 Å². The summed E-state index contributed by atoms with van der Waals surface area (Å²) in [5.74, 6) is 1.42. The Morgan fingerprint density at radius 1 is 1.37 bits per heavy atom. The summed E-state index contributed by atoms with van der Waals surface area (Å²) in [5.41, 5.74) is 7.82. The predicted octanol–water partition coefficient (Wildman–Crippen LogP) is 2.60. The van der Waals surface area contributed by atoms with Crippen LogP contribution in [0.3, 0.4) is 0 Å². The third kappa shape index (κ3) is 3.10. The quantitative estimate of drug-likeness (QED) is 0.906. The Balaban J connectivity index is 2.30. The smallest absolute Gasteiger partial charge is 0.119 e. The lowest BCUT2D eigenvalue weighted by Crippen LogP contribution is -2.49. The lowest BCUT2D eigenvalue weighted by Gasteiger charge is -2.43. The first kappa shape index (κ1) is 14.4. The van der Waals surface area contributed by atoms with Gasteiger partial charge in [0, 0.05) is 12.1 Å². The minimum absolute atomic E-state index is 0.211. The first-order valence-corrected chi connectivity index (χ1v) is 7.14. The molecule has 0 aliphatic heterocycles. The van der Waals surface area contributed by atoms with Gasteiger partial charge in [-0.2, -0.15) is 0 Å². The Bertz CT molecular complexity index is 419. The molecular formula is C16H26N2O. The fourth-order valence-electron chi connectivity index (χ4n) is 3.26. The molecule has 2 atom stereocenters. The molecule has 2 unspecified atom stereocenters. The first-order chi connectivity index (χ1) is 9.06. The topological polar surface area (TPSA) is 38.5 Å². The lowest BCUT2D eigenvalue weighted by atomic mass is 9.69. The van der Waals surface area contributed by atoms with Crippen LogP contribution in [0.15, 0.2) is 24.3 Å². The number of ether oxygens (including phenoxy) is 1. The summed E-state index contributed by atoms with van der Waals surface area (Å²) >= 11 is 0. The van der Waals surface area contributed by atoms with Gasteiger partial charge in [-0.25, -0.2) is 0 Å². The number of nitrogens with two attached hydrogens (primary N) is 1. The van der Waals surface area contributed by atoms with Crippen molar-refractivity contribution in [3.63, 3.8) is 0 Å². The Kier molecular flexibility index (Phi) is 4.48. The van der Waals surface area contributed by atoms with Crippen LogP contribution in [0, 0.1) is 5.92 Å². The van der Waals surface area contributed by atoms with Gasteiger partial charge in [0.15, 0.2) is 0 Å². The summed E-state index contributed by atoms with van der Waals surface area (Å²) in [6, 6.07) is 8.28. The van der Waals surface area contributed by atoms with E-state index in [1.807, 2.05) is 12.1 Å². The molecule has 0 amide bonds. The maximum Gasteiger partial charge on any atom is 0.119 e. The highest BCUT2D eigenvalue weighted by atomic mass is 16.5. The number of benzene rings is 1. The van der Waals surface area contributed by atoms with Gasteiger partial charge in [-0.1, -0.05) is 25.0 Å². The van der Waals surface area contributed by atoms with E-state index in [2.05, 4.69) is 31.1 Å². The standard InChI is InChI=1S/C16H26N2O/c1-18(2)12-14-7-4-5-10-16(14,17)13-8-6-9-15(11-13)19-3/h6,8-9,11,14H,4-5,7,10,12,17H2,1-3H3. The molecule has 1 aliphatic rings. The largest absolute Gasteiger partial charge is 0.497 e. The molecule has 0 radical (unpaired) electrons. The third-order valence-electron chi connectivity index (χ3n) is 4.31. The summed E-state index contributed by atoms with van der Waals surface area (Å²) in [6.45, 7) is 1.05. The van der Waals surface area contributed by atoms with E-state index in [9.17, 15) is 0 Å². The second kappa shape index (κ2) is 5.93. The molecule has 1 aliphatic carbocycles. The number of hydrogen-bond acceptors (Lipinski definition) is 3. The minimum Gasteiger partial charge on any atom is -0.497 e. The number of hydrogen-bond donors (Lipinski definition) is 1. The second-order valence-corrected chi connectivity index (χ2v) is 5.98. The van der Waals surface area contributed by atoms with Gasteiger partial charge in [0.25, 0.3) is 0 Å². The van der Waals surface area contributed by atoms with E-state index in [4.69, 9.17) is 10.5 Å². The van der Waals surface area contributed by atoms with Crippen molar-refractivity contribution in [3.8, 4) is 5.75 Å². The van der Waals surface area contributed by atoms with Gasteiger partial charge in [0.05, 0.1) is 7.11 Å². The zero-order valence-electron chi connectivity index (χ0n) is 12.4. The maximum atomic E-state index is 6.81. The van der Waals surface area contributed by atoms with Gasteiger partial charge in [0.2, 0.25) is 0 Å². The van der Waals surface area contributed by atoms with Crippen molar-refractivity contribution in [2.45, 2.75) is 31.2 Å². The van der Waals surface area contributed by atoms with E-state index in [1.54, 1.807) is 7.11 Å². The summed E-state index contributed by atoms with van der Waals surface area (Å²) in [6.07, 6.45) is 4.80. The SMILES string of the molecule is COc1cccc(C2(N)CCCCC2CN(C)C)c1. The van der Waals surface area contributed by atoms with Crippen LogP contribution in [0.1, 0.15) is 31.2 Å². The fourth-order valence-corrected chi connectivity index (χ4v) is 3.26. The number of methoxy groups -OCH3 is 1. The zero-order chi connectivity index (χ0) is 13.9. The monoisotopic (exact) mass is 262 g/mol. The van der Waals surface area contributed by atoms with Gasteiger partial charge in [-0.15, -0.1) is 0 Å². The second-order valence-electron chi connectivity index (χ2n) is 5.98. The fraction of sp³-hybridized carbons (Fsp3) is 0.625. The predicted molar refractivity (Wildman–Crippen MR) is 79.4 cm³/mol. The molecule has 0 aromatic heterocycles. The number of nitrogens with zero attached hydrogens (tertiary/aromatic N) is 1. The molecule has 0 saturated heterocycles. The Morgan fingerprint density at radius 2 is 2.16 bits per heavy atom. The lowest BCUT2D eigenvalue weighted by molar-refractivity contribution is 0.150. The average molecular weight is 262 g/mol. The normalized spacial score (nSPS) is 27.5. The molecule has 0 spiro atoms. The molecule has 1 saturated carbocycles. The molecule has 3 nitrogen and oxygen atoms in total. The van der Waals surface area contributed by atoms with Crippen LogP contribution in [0.25, 0.3) is 0 Å². The van der Waals surface area contributed by atoms with Crippen LogP contribution in [0.2, 0.25) is 0 Å². The van der Waals surface area contributed by atoms with Crippen molar-refractivity contribution >= 4 is 0 Å². The van der Waals surface area contributed by atoms with E-state index in [0.29, 0.717) is 5.92 Å². The summed E-state index contributed by atoms with van der Waals surface area (Å²) < 4.78 is 5.34. The van der Waals surface area contributed by atoms with Crippen LogP contribution in [0.5, 0.6) is 5.75 Å². The Morgan fingerprint density at radius 3 is 2.84 bits per heavy atom. The highest BCUT2D eigenvalue weighted by molar-refractivity contribution is 5.34. The molecule has 0 bridgehead atoms. The van der Waals surface area contributed by atoms with Crippen molar-refractivity contribution in [2.24, 2.45) is 11.7 Å². The highest BCUT2D eigenvalue weighted by Crippen LogP contribution is 2.40. The van der Waals surface area contributed by atoms with E-state index >= 15 is 0 Å². The molecule has 1 aromatic rings. The third-order valence-corrected chi connectivity index (χ3v) is 4.31. The summed E-state index contributed by atoms with van der Waals surface area (Å²) in [7, 11) is 5.96. The van der Waals surface area contributed by atoms with Crippen molar-refractivity contribution in [2.75, 3.05) is 27.7 Å². The van der Waals surface area contributed by atoms with E-state index in [1.165, 1.54) is 24.8 Å². The molecule has 0 heterocycles. The van der Waals surface area contributed by atoms with Crippen LogP contribution >= 0.6 is 0 Å². The molecule has 2 N–H and O–H groups in total. The Labute approximate surface area is 116 Å². The van der Waals surface area contributed by atoms with Crippen LogP contribution < -0.4 is 10.5 Å². The number of rotatable bonds is 4. The average Bonchev–Trinajstić information content (AvgIpc) is 2.41. The van der Waals surface area contributed by atoms with E-state index in [-0.39, 0.29) is 5.54 Å². The molecule has 2 rings (SSSR count). The molecule has 1 fully saturated rings. The highest BCUT2D eigenvalue weighted by Gasteiger charge is 2.38. The first-order valence-electron chi connectivity index (χ1n) is 7.14. The van der Waals surface area contributed by atoms with Gasteiger partial charge >= 0.3 is 0 Å². The molecular weight excluding hydrogens is 236 g/mol. The van der Waals surface area contributed by atoms with Gasteiger partial charge in [-0.05, 0) is 50.6 Å². The van der Waals surface area contributed by atoms with Crippen LogP contribution in [-0.4, -0.2) is 32.6 Å². The molecule has 3 heteroatoms. The van der Waals surface area contributed by atoms with Crippen molar-refractivity contribution in [1.82, 2.24) is 4.90 Å². The van der Waals surface area contributed by atoms with Crippen LogP contribution in [0.4, 0.5) is 0 Å². The van der Waals surface area contributed by atoms with E-state index in [0.717, 1.165) is 18.7 Å². The molecule has 1 aromatic carbocycles. The van der Waals surface area contributed by atoms with E-state index < -0.39 is 0 Å². The van der Waals surface area contributed by atoms with Crippen molar-refractivity contribution < 1.29 is 4.74 Å². The Hall–Kier alpha value is -1.06. The van der Waals surface area contributed by atoms with Gasteiger partial charge in [-0.3, -0.25) is 0 Å². The summed E-state index contributed by atoms with van der Waals surface area (Å²) in [4.78, 5) is 2.25. The van der Waals surface area contributed by atoms with Crippen molar-refractivity contribution in [1.29, 1.82) is 0 Å². The minimum atomic E-state index is -0.211. The zero-order valence-corrected chi connectivity index (χ0v) is 12.4. The maximum absolute atomic E-state index is 6.81. The molecule has 19 heavy (non-hydrogen) atoms.